The van der Waals surface area contributed by atoms with Crippen molar-refractivity contribution in [3.63, 3.8) is 0 Å². The van der Waals surface area contributed by atoms with Gasteiger partial charge in [-0.15, -0.1) is 0 Å². The number of likely N-dealkylation sites (tertiary alicyclic amines) is 1. The highest BCUT2D eigenvalue weighted by atomic mass is 35.5. The predicted octanol–water partition coefficient (Wildman–Crippen LogP) is 4.68. The first kappa shape index (κ1) is 23.6. The van der Waals surface area contributed by atoms with Crippen molar-refractivity contribution in [3.05, 3.63) is 76.3 Å². The first-order chi connectivity index (χ1) is 15.8. The van der Waals surface area contributed by atoms with E-state index in [0.29, 0.717) is 26.1 Å². The lowest BCUT2D eigenvalue weighted by atomic mass is 9.92. The van der Waals surface area contributed by atoms with Crippen molar-refractivity contribution in [1.29, 1.82) is 0 Å². The third-order valence-corrected chi connectivity index (χ3v) is 6.92. The molecule has 33 heavy (non-hydrogen) atoms. The van der Waals surface area contributed by atoms with Crippen LogP contribution < -0.4 is 9.47 Å². The molecule has 6 nitrogen and oxygen atoms in total. The molecule has 0 unspecified atom stereocenters. The highest BCUT2D eigenvalue weighted by Gasteiger charge is 2.33. The maximum Gasteiger partial charge on any atom is 0.146 e. The number of nitrogens with zero attached hydrogens (tertiary/aromatic N) is 3. The van der Waals surface area contributed by atoms with Crippen molar-refractivity contribution in [3.8, 4) is 11.5 Å². The zero-order chi connectivity index (χ0) is 23.4. The van der Waals surface area contributed by atoms with Gasteiger partial charge in [-0.1, -0.05) is 23.7 Å². The first-order valence-corrected chi connectivity index (χ1v) is 11.7. The van der Waals surface area contributed by atoms with E-state index in [1.807, 2.05) is 55.9 Å². The van der Waals surface area contributed by atoms with E-state index in [0.717, 1.165) is 53.1 Å². The van der Waals surface area contributed by atoms with Gasteiger partial charge >= 0.3 is 0 Å². The van der Waals surface area contributed by atoms with Gasteiger partial charge in [0.1, 0.15) is 36.1 Å². The van der Waals surface area contributed by atoms with Gasteiger partial charge in [0.2, 0.25) is 0 Å². The molecule has 0 spiro atoms. The highest BCUT2D eigenvalue weighted by Crippen LogP contribution is 2.29. The van der Waals surface area contributed by atoms with E-state index in [2.05, 4.69) is 22.0 Å². The van der Waals surface area contributed by atoms with Crippen molar-refractivity contribution in [2.24, 2.45) is 7.05 Å². The second kappa shape index (κ2) is 10.2. The Kier molecular flexibility index (Phi) is 7.27. The number of aryl methyl sites for hydroxylation is 3. The largest absolute Gasteiger partial charge is 0.491 e. The molecule has 1 N–H and O–H groups in total. The van der Waals surface area contributed by atoms with Gasteiger partial charge in [-0.2, -0.15) is 0 Å². The lowest BCUT2D eigenvalue weighted by molar-refractivity contribution is -0.0537. The van der Waals surface area contributed by atoms with Gasteiger partial charge in [-0.05, 0) is 67.6 Å². The molecule has 1 aliphatic heterocycles. The van der Waals surface area contributed by atoms with Crippen molar-refractivity contribution >= 4 is 11.6 Å². The molecule has 3 aromatic rings. The minimum absolute atomic E-state index is 0.295. The molecule has 0 amide bonds. The zero-order valence-electron chi connectivity index (χ0n) is 19.6. The van der Waals surface area contributed by atoms with Crippen molar-refractivity contribution in [2.75, 3.05) is 19.7 Å². The van der Waals surface area contributed by atoms with Crippen LogP contribution in [0.5, 0.6) is 11.5 Å². The average Bonchev–Trinajstić information content (AvgIpc) is 3.22. The van der Waals surface area contributed by atoms with Gasteiger partial charge in [0.25, 0.3) is 0 Å². The van der Waals surface area contributed by atoms with Crippen LogP contribution in [-0.2, 0) is 20.2 Å². The Balaban J connectivity index is 1.23. The molecule has 176 valence electrons. The Morgan fingerprint density at radius 2 is 1.70 bits per heavy atom. The van der Waals surface area contributed by atoms with Crippen LogP contribution in [0.15, 0.2) is 48.8 Å². The fourth-order valence-electron chi connectivity index (χ4n) is 4.11. The van der Waals surface area contributed by atoms with Crippen LogP contribution in [0.2, 0.25) is 5.02 Å². The van der Waals surface area contributed by atoms with E-state index < -0.39 is 5.60 Å². The number of aromatic nitrogens is 2. The van der Waals surface area contributed by atoms with Gasteiger partial charge in [0.15, 0.2) is 0 Å². The minimum Gasteiger partial charge on any atom is -0.491 e. The standard InChI is InChI=1S/C26H32ClN3O3/c1-19-14-23(15-20(2)25(19)27)33-18-26(31)8-11-30(12-9-26)16-21-4-6-22(7-5-21)32-17-24-28-10-13-29(24)3/h4-7,10,13-15,31H,8-9,11-12,16-18H2,1-3H3. The summed E-state index contributed by atoms with van der Waals surface area (Å²) in [5, 5.41) is 11.8. The second-order valence-electron chi connectivity index (χ2n) is 9.05. The molecule has 1 saturated heterocycles. The number of hydrogen-bond donors (Lipinski definition) is 1. The summed E-state index contributed by atoms with van der Waals surface area (Å²) in [6.45, 7) is 7.19. The fourth-order valence-corrected chi connectivity index (χ4v) is 4.22. The number of hydrogen-bond acceptors (Lipinski definition) is 5. The molecule has 0 atom stereocenters. The van der Waals surface area contributed by atoms with Gasteiger partial charge in [-0.3, -0.25) is 4.90 Å². The molecular formula is C26H32ClN3O3. The third-order valence-electron chi connectivity index (χ3n) is 6.32. The summed E-state index contributed by atoms with van der Waals surface area (Å²) in [4.78, 5) is 6.65. The van der Waals surface area contributed by atoms with Crippen LogP contribution in [0.25, 0.3) is 0 Å². The minimum atomic E-state index is -0.805. The number of piperidine rings is 1. The molecular weight excluding hydrogens is 438 g/mol. The molecule has 0 bridgehead atoms. The number of ether oxygens (including phenoxy) is 2. The summed E-state index contributed by atoms with van der Waals surface area (Å²) in [5.74, 6) is 2.49. The molecule has 2 heterocycles. The molecule has 0 aliphatic carbocycles. The summed E-state index contributed by atoms with van der Waals surface area (Å²) < 4.78 is 13.7. The van der Waals surface area contributed by atoms with Gasteiger partial charge in [-0.25, -0.2) is 4.98 Å². The molecule has 1 fully saturated rings. The molecule has 0 radical (unpaired) electrons. The van der Waals surface area contributed by atoms with Crippen LogP contribution >= 0.6 is 11.6 Å². The smallest absolute Gasteiger partial charge is 0.146 e. The number of benzene rings is 2. The van der Waals surface area contributed by atoms with E-state index in [1.54, 1.807) is 6.20 Å². The lowest BCUT2D eigenvalue weighted by Gasteiger charge is -2.38. The van der Waals surface area contributed by atoms with Crippen LogP contribution in [-0.4, -0.2) is 44.9 Å². The van der Waals surface area contributed by atoms with Gasteiger partial charge in [0, 0.05) is 44.1 Å². The van der Waals surface area contributed by atoms with Crippen molar-refractivity contribution in [2.45, 2.75) is 45.4 Å². The Hall–Kier alpha value is -2.54. The number of rotatable bonds is 8. The Bertz CT molecular complexity index is 1050. The number of halogens is 1. The summed E-state index contributed by atoms with van der Waals surface area (Å²) >= 11 is 6.24. The topological polar surface area (TPSA) is 59.8 Å². The average molecular weight is 470 g/mol. The maximum atomic E-state index is 11.0. The summed E-state index contributed by atoms with van der Waals surface area (Å²) in [7, 11) is 1.96. The lowest BCUT2D eigenvalue weighted by Crippen LogP contribution is -2.47. The SMILES string of the molecule is Cc1cc(OCC2(O)CCN(Cc3ccc(OCc4nccn4C)cc3)CC2)cc(C)c1Cl. The number of imidazole rings is 1. The van der Waals surface area contributed by atoms with Gasteiger partial charge in [0.05, 0.1) is 0 Å². The van der Waals surface area contributed by atoms with E-state index in [9.17, 15) is 5.11 Å². The van der Waals surface area contributed by atoms with E-state index in [-0.39, 0.29) is 0 Å². The van der Waals surface area contributed by atoms with Crippen molar-refractivity contribution < 1.29 is 14.6 Å². The Morgan fingerprint density at radius 1 is 1.03 bits per heavy atom. The normalized spacial score (nSPS) is 16.0. The zero-order valence-corrected chi connectivity index (χ0v) is 20.3. The van der Waals surface area contributed by atoms with Gasteiger partial charge < -0.3 is 19.1 Å². The van der Waals surface area contributed by atoms with E-state index in [4.69, 9.17) is 21.1 Å². The molecule has 7 heteroatoms. The fraction of sp³-hybridized carbons (Fsp3) is 0.423. The molecule has 1 aliphatic rings. The molecule has 4 rings (SSSR count). The Morgan fingerprint density at radius 3 is 2.30 bits per heavy atom. The summed E-state index contributed by atoms with van der Waals surface area (Å²) in [5.41, 5.74) is 2.40. The maximum absolute atomic E-state index is 11.0. The van der Waals surface area contributed by atoms with Crippen LogP contribution in [0.1, 0.15) is 35.4 Å². The van der Waals surface area contributed by atoms with E-state index in [1.165, 1.54) is 5.56 Å². The first-order valence-electron chi connectivity index (χ1n) is 11.3. The van der Waals surface area contributed by atoms with Crippen molar-refractivity contribution in [1.82, 2.24) is 14.5 Å². The quantitative estimate of drug-likeness (QED) is 0.519. The monoisotopic (exact) mass is 469 g/mol. The van der Waals surface area contributed by atoms with E-state index >= 15 is 0 Å². The van der Waals surface area contributed by atoms with Crippen LogP contribution in [0.4, 0.5) is 0 Å². The van der Waals surface area contributed by atoms with Crippen LogP contribution in [0.3, 0.4) is 0 Å². The van der Waals surface area contributed by atoms with Crippen LogP contribution in [0, 0.1) is 13.8 Å². The summed E-state index contributed by atoms with van der Waals surface area (Å²) in [6, 6.07) is 12.1. The third kappa shape index (κ3) is 6.08. The molecule has 0 saturated carbocycles. The summed E-state index contributed by atoms with van der Waals surface area (Å²) in [6.07, 6.45) is 5.05. The predicted molar refractivity (Wildman–Crippen MR) is 130 cm³/mol. The Labute approximate surface area is 200 Å². The highest BCUT2D eigenvalue weighted by molar-refractivity contribution is 6.32. The molecule has 1 aromatic heterocycles. The molecule has 2 aromatic carbocycles. The number of aliphatic hydroxyl groups is 1. The second-order valence-corrected chi connectivity index (χ2v) is 9.43.